The van der Waals surface area contributed by atoms with E-state index in [1.54, 1.807) is 0 Å². The van der Waals surface area contributed by atoms with E-state index >= 15 is 0 Å². The molecule has 1 aromatic carbocycles. The molecule has 3 N–H and O–H groups in total. The molecule has 0 unspecified atom stereocenters. The lowest BCUT2D eigenvalue weighted by Gasteiger charge is -2.31. The van der Waals surface area contributed by atoms with Crippen LogP contribution in [-0.2, 0) is 4.74 Å². The van der Waals surface area contributed by atoms with Crippen LogP contribution in [0.2, 0.25) is 0 Å². The zero-order valence-corrected chi connectivity index (χ0v) is 11.4. The molecule has 19 heavy (non-hydrogen) atoms. The van der Waals surface area contributed by atoms with Gasteiger partial charge in [-0.15, -0.1) is 0 Å². The zero-order chi connectivity index (χ0) is 13.5. The molecule has 1 atom stereocenters. The summed E-state index contributed by atoms with van der Waals surface area (Å²) in [6.45, 7) is 6.44. The minimum atomic E-state index is 0.389. The molecule has 0 spiro atoms. The summed E-state index contributed by atoms with van der Waals surface area (Å²) in [5.41, 5.74) is 6.84. The fourth-order valence-electron chi connectivity index (χ4n) is 2.07. The van der Waals surface area contributed by atoms with Crippen LogP contribution < -0.4 is 11.1 Å². The van der Waals surface area contributed by atoms with Gasteiger partial charge in [0, 0.05) is 24.8 Å². The van der Waals surface area contributed by atoms with Crippen molar-refractivity contribution in [1.82, 2.24) is 4.90 Å². The van der Waals surface area contributed by atoms with Gasteiger partial charge in [-0.1, -0.05) is 18.2 Å². The number of anilines is 1. The summed E-state index contributed by atoms with van der Waals surface area (Å²) in [5.74, 6) is 0.464. The molecule has 0 aromatic heterocycles. The van der Waals surface area contributed by atoms with Crippen LogP contribution in [0.3, 0.4) is 0 Å². The first-order valence-corrected chi connectivity index (χ1v) is 6.69. The van der Waals surface area contributed by atoms with Gasteiger partial charge in [-0.05, 0) is 19.1 Å². The van der Waals surface area contributed by atoms with Gasteiger partial charge in [-0.2, -0.15) is 0 Å². The molecular formula is C14H22N4O. The molecule has 0 radical (unpaired) electrons. The molecule has 5 heteroatoms. The van der Waals surface area contributed by atoms with Crippen LogP contribution in [0, 0.1) is 0 Å². The molecule has 1 aliphatic heterocycles. The third kappa shape index (κ3) is 4.54. The Morgan fingerprint density at radius 2 is 2.05 bits per heavy atom. The van der Waals surface area contributed by atoms with Gasteiger partial charge in [-0.25, -0.2) is 0 Å². The number of hydrogen-bond donors (Lipinski definition) is 2. The highest BCUT2D eigenvalue weighted by Crippen LogP contribution is 2.05. The third-order valence-corrected chi connectivity index (χ3v) is 3.24. The molecule has 1 aromatic rings. The van der Waals surface area contributed by atoms with Crippen molar-refractivity contribution in [3.63, 3.8) is 0 Å². The van der Waals surface area contributed by atoms with Gasteiger partial charge >= 0.3 is 0 Å². The van der Waals surface area contributed by atoms with Gasteiger partial charge in [0.2, 0.25) is 0 Å². The maximum atomic E-state index is 5.88. The second kappa shape index (κ2) is 7.11. The van der Waals surface area contributed by atoms with E-state index in [0.29, 0.717) is 18.5 Å². The van der Waals surface area contributed by atoms with Crippen LogP contribution in [-0.4, -0.2) is 49.7 Å². The Hall–Kier alpha value is -1.59. The molecule has 0 bridgehead atoms. The SMILES string of the molecule is C[C@H](CN=C(N)Nc1ccccc1)N1CCOCC1. The second-order valence-corrected chi connectivity index (χ2v) is 4.71. The molecule has 5 nitrogen and oxygen atoms in total. The predicted molar refractivity (Wildman–Crippen MR) is 78.4 cm³/mol. The van der Waals surface area contributed by atoms with Crippen molar-refractivity contribution in [2.75, 3.05) is 38.2 Å². The van der Waals surface area contributed by atoms with Crippen LogP contribution in [0.1, 0.15) is 6.92 Å². The molecule has 0 aliphatic carbocycles. The summed E-state index contributed by atoms with van der Waals surface area (Å²) in [7, 11) is 0. The maximum Gasteiger partial charge on any atom is 0.193 e. The van der Waals surface area contributed by atoms with Crippen molar-refractivity contribution in [3.05, 3.63) is 30.3 Å². The van der Waals surface area contributed by atoms with Crippen LogP contribution in [0.25, 0.3) is 0 Å². The number of para-hydroxylation sites is 1. The number of hydrogen-bond acceptors (Lipinski definition) is 3. The van der Waals surface area contributed by atoms with Crippen LogP contribution in [0.5, 0.6) is 0 Å². The Labute approximate surface area is 114 Å². The number of nitrogens with one attached hydrogen (secondary N) is 1. The van der Waals surface area contributed by atoms with Crippen LogP contribution in [0.4, 0.5) is 5.69 Å². The molecule has 1 fully saturated rings. The molecule has 2 rings (SSSR count). The second-order valence-electron chi connectivity index (χ2n) is 4.71. The van der Waals surface area contributed by atoms with E-state index in [-0.39, 0.29) is 0 Å². The Morgan fingerprint density at radius 3 is 2.74 bits per heavy atom. The standard InChI is InChI=1S/C14H22N4O/c1-12(18-7-9-19-10-8-18)11-16-14(15)17-13-5-3-2-4-6-13/h2-6,12H,7-11H2,1H3,(H3,15,16,17)/t12-/m1/s1. The van der Waals surface area contributed by atoms with Gasteiger partial charge in [-0.3, -0.25) is 9.89 Å². The molecule has 1 saturated heterocycles. The fraction of sp³-hybridized carbons (Fsp3) is 0.500. The topological polar surface area (TPSA) is 62.9 Å². The Balaban J connectivity index is 1.80. The first-order chi connectivity index (χ1) is 9.25. The number of rotatable bonds is 4. The highest BCUT2D eigenvalue weighted by atomic mass is 16.5. The summed E-state index contributed by atoms with van der Waals surface area (Å²) in [6.07, 6.45) is 0. The highest BCUT2D eigenvalue weighted by Gasteiger charge is 2.16. The number of ether oxygens (including phenoxy) is 1. The monoisotopic (exact) mass is 262 g/mol. The first-order valence-electron chi connectivity index (χ1n) is 6.69. The predicted octanol–water partition coefficient (Wildman–Crippen LogP) is 1.13. The largest absolute Gasteiger partial charge is 0.379 e. The summed E-state index contributed by atoms with van der Waals surface area (Å²) >= 11 is 0. The van der Waals surface area contributed by atoms with E-state index in [1.165, 1.54) is 0 Å². The van der Waals surface area contributed by atoms with Crippen molar-refractivity contribution in [3.8, 4) is 0 Å². The lowest BCUT2D eigenvalue weighted by molar-refractivity contribution is 0.0221. The quantitative estimate of drug-likeness (QED) is 0.631. The molecule has 1 heterocycles. The lowest BCUT2D eigenvalue weighted by Crippen LogP contribution is -2.43. The Bertz CT molecular complexity index is 401. The number of nitrogens with two attached hydrogens (primary N) is 1. The maximum absolute atomic E-state index is 5.88. The molecular weight excluding hydrogens is 240 g/mol. The minimum Gasteiger partial charge on any atom is -0.379 e. The zero-order valence-electron chi connectivity index (χ0n) is 11.4. The van der Waals surface area contributed by atoms with Crippen molar-refractivity contribution in [2.45, 2.75) is 13.0 Å². The van der Waals surface area contributed by atoms with Gasteiger partial charge < -0.3 is 15.8 Å². The van der Waals surface area contributed by atoms with E-state index < -0.39 is 0 Å². The Kier molecular flexibility index (Phi) is 5.18. The molecule has 0 saturated carbocycles. The fourth-order valence-corrected chi connectivity index (χ4v) is 2.07. The summed E-state index contributed by atoms with van der Waals surface area (Å²) in [6, 6.07) is 10.2. The van der Waals surface area contributed by atoms with E-state index in [1.807, 2.05) is 30.3 Å². The minimum absolute atomic E-state index is 0.389. The first kappa shape index (κ1) is 13.8. The lowest BCUT2D eigenvalue weighted by atomic mass is 10.2. The Morgan fingerprint density at radius 1 is 1.37 bits per heavy atom. The number of morpholine rings is 1. The normalized spacial score (nSPS) is 19.1. The number of aliphatic imine (C=N–C) groups is 1. The average Bonchev–Trinajstić information content (AvgIpc) is 2.47. The van der Waals surface area contributed by atoms with Crippen molar-refractivity contribution < 1.29 is 4.74 Å². The van der Waals surface area contributed by atoms with Gasteiger partial charge in [0.25, 0.3) is 0 Å². The molecule has 0 amide bonds. The summed E-state index contributed by atoms with van der Waals surface area (Å²) in [4.78, 5) is 6.77. The third-order valence-electron chi connectivity index (χ3n) is 3.24. The van der Waals surface area contributed by atoms with Crippen LogP contribution in [0.15, 0.2) is 35.3 Å². The number of guanidine groups is 1. The summed E-state index contributed by atoms with van der Waals surface area (Å²) < 4.78 is 5.34. The van der Waals surface area contributed by atoms with Gasteiger partial charge in [0.1, 0.15) is 0 Å². The van der Waals surface area contributed by atoms with Gasteiger partial charge in [0.05, 0.1) is 19.8 Å². The van der Waals surface area contributed by atoms with Crippen molar-refractivity contribution in [2.24, 2.45) is 10.7 Å². The highest BCUT2D eigenvalue weighted by molar-refractivity contribution is 5.92. The summed E-state index contributed by atoms with van der Waals surface area (Å²) in [5, 5.41) is 3.08. The van der Waals surface area contributed by atoms with Crippen molar-refractivity contribution >= 4 is 11.6 Å². The number of nitrogens with zero attached hydrogens (tertiary/aromatic N) is 2. The number of benzene rings is 1. The van der Waals surface area contributed by atoms with E-state index in [0.717, 1.165) is 32.0 Å². The average molecular weight is 262 g/mol. The smallest absolute Gasteiger partial charge is 0.193 e. The van der Waals surface area contributed by atoms with Crippen molar-refractivity contribution in [1.29, 1.82) is 0 Å². The van der Waals surface area contributed by atoms with E-state index in [4.69, 9.17) is 10.5 Å². The van der Waals surface area contributed by atoms with E-state index in [9.17, 15) is 0 Å². The van der Waals surface area contributed by atoms with Crippen LogP contribution >= 0.6 is 0 Å². The molecule has 104 valence electrons. The van der Waals surface area contributed by atoms with Gasteiger partial charge in [0.15, 0.2) is 5.96 Å². The van der Waals surface area contributed by atoms with E-state index in [2.05, 4.69) is 22.1 Å². The molecule has 1 aliphatic rings.